The lowest BCUT2D eigenvalue weighted by Crippen LogP contribution is -2.53. The van der Waals surface area contributed by atoms with Gasteiger partial charge < -0.3 is 15.3 Å². The van der Waals surface area contributed by atoms with Gasteiger partial charge in [-0.2, -0.15) is 0 Å². The molecule has 1 aromatic heterocycles. The first-order chi connectivity index (χ1) is 14.7. The Balaban J connectivity index is 1.70. The molecular weight excluding hydrogens is 424 g/mol. The van der Waals surface area contributed by atoms with Crippen molar-refractivity contribution in [1.29, 1.82) is 0 Å². The molecule has 11 heteroatoms. The molecule has 0 radical (unpaired) electrons. The van der Waals surface area contributed by atoms with Crippen LogP contribution in [0, 0.1) is 0 Å². The Bertz CT molecular complexity index is 1040. The maximum absolute atomic E-state index is 12.8. The number of aromatic nitrogens is 2. The third-order valence-electron chi connectivity index (χ3n) is 4.88. The smallest absolute Gasteiger partial charge is 0.303 e. The number of rotatable bonds is 7. The van der Waals surface area contributed by atoms with Gasteiger partial charge in [-0.3, -0.25) is 14.4 Å². The predicted molar refractivity (Wildman–Crippen MR) is 111 cm³/mol. The second-order valence-corrected chi connectivity index (χ2v) is 9.39. The van der Waals surface area contributed by atoms with Gasteiger partial charge in [-0.15, -0.1) is 0 Å². The number of carboxylic acids is 1. The highest BCUT2D eigenvalue weighted by molar-refractivity contribution is 7.91. The van der Waals surface area contributed by atoms with E-state index in [0.717, 1.165) is 0 Å². The van der Waals surface area contributed by atoms with Crippen LogP contribution in [0.3, 0.4) is 0 Å². The molecule has 0 unspecified atom stereocenters. The van der Waals surface area contributed by atoms with Gasteiger partial charge in [0, 0.05) is 43.0 Å². The van der Waals surface area contributed by atoms with Gasteiger partial charge in [0.25, 0.3) is 5.91 Å². The van der Waals surface area contributed by atoms with E-state index in [9.17, 15) is 22.8 Å². The highest BCUT2D eigenvalue weighted by atomic mass is 32.2. The van der Waals surface area contributed by atoms with E-state index in [2.05, 4.69) is 15.3 Å². The van der Waals surface area contributed by atoms with E-state index in [-0.39, 0.29) is 43.0 Å². The molecule has 1 fully saturated rings. The number of aliphatic carboxylic acids is 1. The predicted octanol–water partition coefficient (Wildman–Crippen LogP) is 0.364. The molecule has 1 atom stereocenters. The maximum Gasteiger partial charge on any atom is 0.303 e. The minimum atomic E-state index is -3.18. The number of nitrogens with zero attached hydrogens (tertiary/aromatic N) is 3. The Morgan fingerprint density at radius 2 is 1.68 bits per heavy atom. The Morgan fingerprint density at radius 1 is 1.06 bits per heavy atom. The van der Waals surface area contributed by atoms with Crippen molar-refractivity contribution in [3.8, 4) is 11.4 Å². The van der Waals surface area contributed by atoms with Gasteiger partial charge in [0.2, 0.25) is 5.91 Å². The number of benzene rings is 1. The molecule has 2 heterocycles. The van der Waals surface area contributed by atoms with Crippen molar-refractivity contribution in [3.05, 3.63) is 48.3 Å². The van der Waals surface area contributed by atoms with E-state index in [1.54, 1.807) is 42.7 Å². The van der Waals surface area contributed by atoms with Gasteiger partial charge in [0.1, 0.15) is 6.04 Å². The summed E-state index contributed by atoms with van der Waals surface area (Å²) in [5.74, 6) is -1.92. The Hall–Kier alpha value is -3.34. The molecule has 3 rings (SSSR count). The number of hydrogen-bond donors (Lipinski definition) is 2. The van der Waals surface area contributed by atoms with E-state index in [0.29, 0.717) is 11.4 Å². The van der Waals surface area contributed by atoms with Crippen LogP contribution in [0.5, 0.6) is 0 Å². The van der Waals surface area contributed by atoms with E-state index < -0.39 is 33.7 Å². The zero-order valence-corrected chi connectivity index (χ0v) is 17.4. The van der Waals surface area contributed by atoms with Crippen molar-refractivity contribution in [2.75, 3.05) is 24.6 Å². The summed E-state index contributed by atoms with van der Waals surface area (Å²) in [6.45, 7) is 0.0404. The number of sulfone groups is 1. The Kier molecular flexibility index (Phi) is 6.95. The van der Waals surface area contributed by atoms with Crippen LogP contribution in [0.4, 0.5) is 0 Å². The Morgan fingerprint density at radius 3 is 2.26 bits per heavy atom. The van der Waals surface area contributed by atoms with E-state index in [1.807, 2.05) is 0 Å². The van der Waals surface area contributed by atoms with Crippen molar-refractivity contribution < 1.29 is 27.9 Å². The topological polar surface area (TPSA) is 147 Å². The second-order valence-electron chi connectivity index (χ2n) is 7.09. The third-order valence-corrected chi connectivity index (χ3v) is 6.49. The van der Waals surface area contributed by atoms with E-state index in [1.165, 1.54) is 4.90 Å². The van der Waals surface area contributed by atoms with Crippen molar-refractivity contribution >= 4 is 27.6 Å². The van der Waals surface area contributed by atoms with E-state index in [4.69, 9.17) is 5.11 Å². The zero-order valence-electron chi connectivity index (χ0n) is 16.6. The second kappa shape index (κ2) is 9.65. The van der Waals surface area contributed by atoms with E-state index >= 15 is 0 Å². The molecule has 31 heavy (non-hydrogen) atoms. The average Bonchev–Trinajstić information content (AvgIpc) is 2.76. The van der Waals surface area contributed by atoms with Gasteiger partial charge in [-0.05, 0) is 24.6 Å². The fourth-order valence-electron chi connectivity index (χ4n) is 3.14. The molecule has 0 bridgehead atoms. The fourth-order valence-corrected chi connectivity index (χ4v) is 4.34. The van der Waals surface area contributed by atoms with Crippen molar-refractivity contribution in [1.82, 2.24) is 20.2 Å². The summed E-state index contributed by atoms with van der Waals surface area (Å²) in [7, 11) is -3.18. The summed E-state index contributed by atoms with van der Waals surface area (Å²) in [6, 6.07) is 7.10. The SMILES string of the molecule is O=C(O)CC[C@H](NC(=O)c1ccc(-c2ncccn2)cc1)C(=O)N1CCS(=O)(=O)CC1. The lowest BCUT2D eigenvalue weighted by molar-refractivity contribution is -0.138. The lowest BCUT2D eigenvalue weighted by atomic mass is 10.1. The van der Waals surface area contributed by atoms with Crippen LogP contribution in [0.2, 0.25) is 0 Å². The van der Waals surface area contributed by atoms with Gasteiger partial charge in [-0.25, -0.2) is 18.4 Å². The minimum Gasteiger partial charge on any atom is -0.481 e. The summed E-state index contributed by atoms with van der Waals surface area (Å²) in [5, 5.41) is 11.6. The van der Waals surface area contributed by atoms with Crippen LogP contribution in [0.1, 0.15) is 23.2 Å². The largest absolute Gasteiger partial charge is 0.481 e. The molecule has 2 aromatic rings. The monoisotopic (exact) mass is 446 g/mol. The van der Waals surface area contributed by atoms with Gasteiger partial charge in [-0.1, -0.05) is 12.1 Å². The first-order valence-electron chi connectivity index (χ1n) is 9.64. The maximum atomic E-state index is 12.8. The van der Waals surface area contributed by atoms with Crippen molar-refractivity contribution in [3.63, 3.8) is 0 Å². The number of carboxylic acid groups (broad SMARTS) is 1. The average molecular weight is 446 g/mol. The van der Waals surface area contributed by atoms with Crippen LogP contribution in [-0.2, 0) is 19.4 Å². The normalized spacial score (nSPS) is 16.3. The standard InChI is InChI=1S/C20H22N4O6S/c25-17(26)7-6-16(20(28)24-10-12-31(29,30)13-11-24)23-19(27)15-4-2-14(3-5-15)18-21-8-1-9-22-18/h1-5,8-9,16H,6-7,10-13H2,(H,23,27)(H,25,26)/t16-/m0/s1. The zero-order chi connectivity index (χ0) is 22.4. The molecule has 0 spiro atoms. The summed E-state index contributed by atoms with van der Waals surface area (Å²) in [4.78, 5) is 46.1. The molecule has 0 aliphatic carbocycles. The molecular formula is C20H22N4O6S. The fraction of sp³-hybridized carbons (Fsp3) is 0.350. The third kappa shape index (κ3) is 6.07. The molecule has 1 aromatic carbocycles. The van der Waals surface area contributed by atoms with Crippen LogP contribution >= 0.6 is 0 Å². The highest BCUT2D eigenvalue weighted by Gasteiger charge is 2.31. The van der Waals surface area contributed by atoms with Gasteiger partial charge in [0.05, 0.1) is 11.5 Å². The summed E-state index contributed by atoms with van der Waals surface area (Å²) in [5.41, 5.74) is 0.999. The summed E-state index contributed by atoms with van der Waals surface area (Å²) < 4.78 is 23.2. The van der Waals surface area contributed by atoms with Crippen LogP contribution in [0.15, 0.2) is 42.7 Å². The van der Waals surface area contributed by atoms with Crippen LogP contribution in [0.25, 0.3) is 11.4 Å². The summed E-state index contributed by atoms with van der Waals surface area (Å²) >= 11 is 0. The number of nitrogens with one attached hydrogen (secondary N) is 1. The van der Waals surface area contributed by atoms with Crippen molar-refractivity contribution in [2.45, 2.75) is 18.9 Å². The Labute approximate surface area is 179 Å². The minimum absolute atomic E-state index is 0.0202. The molecule has 1 aliphatic heterocycles. The molecule has 10 nitrogen and oxygen atoms in total. The number of carbonyl (C=O) groups is 3. The first-order valence-corrected chi connectivity index (χ1v) is 11.5. The highest BCUT2D eigenvalue weighted by Crippen LogP contribution is 2.15. The van der Waals surface area contributed by atoms with Crippen LogP contribution in [-0.4, -0.2) is 76.8 Å². The van der Waals surface area contributed by atoms with Gasteiger partial charge in [0.15, 0.2) is 15.7 Å². The number of hydrogen-bond acceptors (Lipinski definition) is 7. The molecule has 1 aliphatic rings. The molecule has 2 amide bonds. The summed E-state index contributed by atoms with van der Waals surface area (Å²) in [6.07, 6.45) is 2.80. The molecule has 0 saturated carbocycles. The molecule has 1 saturated heterocycles. The quantitative estimate of drug-likeness (QED) is 0.620. The molecule has 164 valence electrons. The lowest BCUT2D eigenvalue weighted by Gasteiger charge is -2.30. The van der Waals surface area contributed by atoms with Gasteiger partial charge >= 0.3 is 5.97 Å². The number of amides is 2. The van der Waals surface area contributed by atoms with Crippen LogP contribution < -0.4 is 5.32 Å². The van der Waals surface area contributed by atoms with Crippen molar-refractivity contribution in [2.24, 2.45) is 0 Å². The first kappa shape index (κ1) is 22.3. The molecule has 2 N–H and O–H groups in total. The number of carbonyl (C=O) groups excluding carboxylic acids is 2.